The Kier molecular flexibility index (Phi) is 4.94. The number of hydrogen-bond donors (Lipinski definition) is 1. The van der Waals surface area contributed by atoms with E-state index >= 15 is 0 Å². The van der Waals surface area contributed by atoms with Gasteiger partial charge < -0.3 is 10.5 Å². The van der Waals surface area contributed by atoms with Crippen LogP contribution in [0.15, 0.2) is 42.5 Å². The van der Waals surface area contributed by atoms with Gasteiger partial charge in [0.2, 0.25) is 5.91 Å². The van der Waals surface area contributed by atoms with Crippen molar-refractivity contribution in [2.24, 2.45) is 5.73 Å². The summed E-state index contributed by atoms with van der Waals surface area (Å²) in [6.07, 6.45) is 0.187. The molecule has 0 aliphatic rings. The monoisotopic (exact) mass is 385 g/mol. The zero-order chi connectivity index (χ0) is 14.5. The fourth-order valence-corrected chi connectivity index (χ4v) is 2.24. The first kappa shape index (κ1) is 14.8. The molecular weight excluding hydrogens is 372 g/mol. The molecule has 2 aromatic carbocycles. The first-order valence-electron chi connectivity index (χ1n) is 5.98. The van der Waals surface area contributed by atoms with Crippen LogP contribution in [-0.2, 0) is 17.8 Å². The Bertz CT molecular complexity index is 614. The molecule has 0 unspecified atom stereocenters. The summed E-state index contributed by atoms with van der Waals surface area (Å²) in [4.78, 5) is 11.0. The number of primary amides is 1. The minimum absolute atomic E-state index is 0.187. The summed E-state index contributed by atoms with van der Waals surface area (Å²) in [7, 11) is 0. The van der Waals surface area contributed by atoms with Crippen LogP contribution in [0.25, 0.3) is 0 Å². The number of hydrogen-bond acceptors (Lipinski definition) is 2. The van der Waals surface area contributed by atoms with Crippen LogP contribution < -0.4 is 10.5 Å². The first-order valence-corrected chi connectivity index (χ1v) is 7.06. The molecule has 0 spiro atoms. The summed E-state index contributed by atoms with van der Waals surface area (Å²) < 4.78 is 19.4. The lowest BCUT2D eigenvalue weighted by molar-refractivity contribution is -0.117. The molecule has 5 heteroatoms. The Labute approximate surface area is 130 Å². The Morgan fingerprint density at radius 1 is 1.20 bits per heavy atom. The second-order valence-electron chi connectivity index (χ2n) is 4.31. The second kappa shape index (κ2) is 6.69. The molecule has 0 saturated carbocycles. The highest BCUT2D eigenvalue weighted by atomic mass is 127. The minimum Gasteiger partial charge on any atom is -0.489 e. The maximum Gasteiger partial charge on any atom is 0.221 e. The second-order valence-corrected chi connectivity index (χ2v) is 5.47. The summed E-state index contributed by atoms with van der Waals surface area (Å²) in [5.74, 6) is 0.0105. The van der Waals surface area contributed by atoms with E-state index in [4.69, 9.17) is 10.5 Å². The summed E-state index contributed by atoms with van der Waals surface area (Å²) in [5.41, 5.74) is 6.92. The molecule has 0 heterocycles. The molecule has 104 valence electrons. The van der Waals surface area contributed by atoms with Crippen LogP contribution in [0.4, 0.5) is 4.39 Å². The van der Waals surface area contributed by atoms with E-state index in [9.17, 15) is 9.18 Å². The lowest BCUT2D eigenvalue weighted by Crippen LogP contribution is -2.14. The maximum absolute atomic E-state index is 12.8. The Morgan fingerprint density at radius 3 is 2.55 bits per heavy atom. The van der Waals surface area contributed by atoms with E-state index in [0.29, 0.717) is 12.4 Å². The Balaban J connectivity index is 2.06. The minimum atomic E-state index is -0.376. The first-order chi connectivity index (χ1) is 9.54. The van der Waals surface area contributed by atoms with Gasteiger partial charge in [-0.1, -0.05) is 12.1 Å². The summed E-state index contributed by atoms with van der Waals surface area (Å²) in [5, 5.41) is 0. The average Bonchev–Trinajstić information content (AvgIpc) is 2.41. The zero-order valence-corrected chi connectivity index (χ0v) is 12.8. The fourth-order valence-electron chi connectivity index (χ4n) is 1.71. The molecule has 2 N–H and O–H groups in total. The van der Waals surface area contributed by atoms with E-state index in [2.05, 4.69) is 22.6 Å². The highest BCUT2D eigenvalue weighted by Crippen LogP contribution is 2.21. The number of carbonyl (C=O) groups excluding carboxylic acids is 1. The van der Waals surface area contributed by atoms with E-state index < -0.39 is 0 Å². The molecule has 3 nitrogen and oxygen atoms in total. The van der Waals surface area contributed by atoms with Crippen LogP contribution >= 0.6 is 22.6 Å². The number of carbonyl (C=O) groups is 1. The van der Waals surface area contributed by atoms with E-state index in [1.54, 1.807) is 18.2 Å². The molecule has 0 radical (unpaired) electrons. The van der Waals surface area contributed by atoms with Gasteiger partial charge in [-0.15, -0.1) is 0 Å². The van der Waals surface area contributed by atoms with E-state index in [1.807, 2.05) is 12.1 Å². The van der Waals surface area contributed by atoms with Gasteiger partial charge in [0, 0.05) is 3.57 Å². The molecule has 0 aromatic heterocycles. The van der Waals surface area contributed by atoms with E-state index in [1.165, 1.54) is 12.1 Å². The van der Waals surface area contributed by atoms with Crippen LogP contribution in [0.1, 0.15) is 11.1 Å². The number of benzene rings is 2. The molecule has 20 heavy (non-hydrogen) atoms. The van der Waals surface area contributed by atoms with Crippen molar-refractivity contribution in [3.05, 3.63) is 63.0 Å². The van der Waals surface area contributed by atoms with Crippen molar-refractivity contribution >= 4 is 28.5 Å². The lowest BCUT2D eigenvalue weighted by atomic mass is 10.1. The van der Waals surface area contributed by atoms with Crippen molar-refractivity contribution in [1.82, 2.24) is 0 Å². The van der Waals surface area contributed by atoms with Crippen LogP contribution in [-0.4, -0.2) is 5.91 Å². The van der Waals surface area contributed by atoms with Crippen molar-refractivity contribution in [1.29, 1.82) is 0 Å². The fraction of sp³-hybridized carbons (Fsp3) is 0.133. The van der Waals surface area contributed by atoms with Crippen LogP contribution in [0.3, 0.4) is 0 Å². The van der Waals surface area contributed by atoms with Gasteiger partial charge in [-0.05, 0) is 64.0 Å². The summed E-state index contributed by atoms with van der Waals surface area (Å²) in [6.45, 7) is 0.344. The molecule has 0 aliphatic carbocycles. The van der Waals surface area contributed by atoms with Gasteiger partial charge in [0.25, 0.3) is 0 Å². The third kappa shape index (κ3) is 4.19. The number of ether oxygens (including phenoxy) is 1. The number of halogens is 2. The molecule has 0 bridgehead atoms. The zero-order valence-electron chi connectivity index (χ0n) is 10.6. The van der Waals surface area contributed by atoms with Crippen molar-refractivity contribution in [3.63, 3.8) is 0 Å². The lowest BCUT2D eigenvalue weighted by Gasteiger charge is -2.09. The number of amides is 1. The van der Waals surface area contributed by atoms with Crippen LogP contribution in [0, 0.1) is 9.39 Å². The molecule has 2 aromatic rings. The number of rotatable bonds is 5. The smallest absolute Gasteiger partial charge is 0.221 e. The van der Waals surface area contributed by atoms with Crippen molar-refractivity contribution in [2.75, 3.05) is 0 Å². The highest BCUT2D eigenvalue weighted by Gasteiger charge is 2.06. The molecule has 1 amide bonds. The SMILES string of the molecule is NC(=O)Cc1cc(OCc2ccc(F)cc2)ccc1I. The predicted octanol–water partition coefficient (Wildman–Crippen LogP) is 3.04. The van der Waals surface area contributed by atoms with Crippen molar-refractivity contribution < 1.29 is 13.9 Å². The van der Waals surface area contributed by atoms with E-state index in [0.717, 1.165) is 14.7 Å². The summed E-state index contributed by atoms with van der Waals surface area (Å²) in [6, 6.07) is 11.6. The summed E-state index contributed by atoms with van der Waals surface area (Å²) >= 11 is 2.15. The third-order valence-electron chi connectivity index (χ3n) is 2.70. The Hall–Kier alpha value is -1.63. The third-order valence-corrected chi connectivity index (χ3v) is 3.75. The predicted molar refractivity (Wildman–Crippen MR) is 82.8 cm³/mol. The standard InChI is InChI=1S/C15H13FINO2/c16-12-3-1-10(2-4-12)9-20-13-5-6-14(17)11(7-13)8-15(18)19/h1-7H,8-9H2,(H2,18,19). The largest absolute Gasteiger partial charge is 0.489 e. The van der Waals surface area contributed by atoms with E-state index in [-0.39, 0.29) is 18.1 Å². The Morgan fingerprint density at radius 2 is 1.90 bits per heavy atom. The topological polar surface area (TPSA) is 52.3 Å². The van der Waals surface area contributed by atoms with Gasteiger partial charge in [0.05, 0.1) is 6.42 Å². The number of nitrogens with two attached hydrogens (primary N) is 1. The van der Waals surface area contributed by atoms with Crippen LogP contribution in [0.2, 0.25) is 0 Å². The van der Waals surface area contributed by atoms with Crippen molar-refractivity contribution in [3.8, 4) is 5.75 Å². The molecule has 0 atom stereocenters. The normalized spacial score (nSPS) is 10.3. The average molecular weight is 385 g/mol. The van der Waals surface area contributed by atoms with Gasteiger partial charge in [0.15, 0.2) is 0 Å². The van der Waals surface area contributed by atoms with Gasteiger partial charge in [-0.3, -0.25) is 4.79 Å². The van der Waals surface area contributed by atoms with Gasteiger partial charge in [0.1, 0.15) is 18.2 Å². The van der Waals surface area contributed by atoms with Gasteiger partial charge in [-0.25, -0.2) is 4.39 Å². The molecule has 0 fully saturated rings. The maximum atomic E-state index is 12.8. The van der Waals surface area contributed by atoms with Crippen molar-refractivity contribution in [2.45, 2.75) is 13.0 Å². The molecule has 2 rings (SSSR count). The quantitative estimate of drug-likeness (QED) is 0.805. The highest BCUT2D eigenvalue weighted by molar-refractivity contribution is 14.1. The molecule has 0 aliphatic heterocycles. The molecular formula is C15H13FINO2. The van der Waals surface area contributed by atoms with Gasteiger partial charge in [-0.2, -0.15) is 0 Å². The van der Waals surface area contributed by atoms with Crippen LogP contribution in [0.5, 0.6) is 5.75 Å². The van der Waals surface area contributed by atoms with Gasteiger partial charge >= 0.3 is 0 Å². The molecule has 0 saturated heterocycles.